The van der Waals surface area contributed by atoms with Crippen molar-refractivity contribution in [1.82, 2.24) is 4.90 Å². The van der Waals surface area contributed by atoms with Gasteiger partial charge in [0, 0.05) is 24.4 Å². The van der Waals surface area contributed by atoms with Gasteiger partial charge in [-0.25, -0.2) is 0 Å². The van der Waals surface area contributed by atoms with Gasteiger partial charge in [0.15, 0.2) is 5.78 Å². The van der Waals surface area contributed by atoms with E-state index >= 15 is 0 Å². The Labute approximate surface area is 120 Å². The molecule has 0 radical (unpaired) electrons. The first kappa shape index (κ1) is 14.6. The number of ether oxygens (including phenoxy) is 1. The molecule has 0 amide bonds. The number of rotatable bonds is 4. The van der Waals surface area contributed by atoms with E-state index in [1.807, 2.05) is 38.1 Å². The molecular formula is C15H21NO2S. The SMILES string of the molecule is Cc1ccc(C(=O)C(C)(CS)N2CCOCC2)cc1. The molecule has 0 aliphatic carbocycles. The summed E-state index contributed by atoms with van der Waals surface area (Å²) in [6, 6.07) is 7.76. The molecular weight excluding hydrogens is 258 g/mol. The van der Waals surface area contributed by atoms with Crippen LogP contribution >= 0.6 is 12.6 Å². The summed E-state index contributed by atoms with van der Waals surface area (Å²) in [6.07, 6.45) is 0. The Morgan fingerprint density at radius 2 is 1.89 bits per heavy atom. The fourth-order valence-corrected chi connectivity index (χ4v) is 2.73. The van der Waals surface area contributed by atoms with Crippen LogP contribution in [0.5, 0.6) is 0 Å². The zero-order valence-electron chi connectivity index (χ0n) is 11.6. The van der Waals surface area contributed by atoms with Gasteiger partial charge in [-0.15, -0.1) is 0 Å². The summed E-state index contributed by atoms with van der Waals surface area (Å²) in [5.41, 5.74) is 1.37. The smallest absolute Gasteiger partial charge is 0.183 e. The summed E-state index contributed by atoms with van der Waals surface area (Å²) >= 11 is 4.42. The second kappa shape index (κ2) is 6.07. The van der Waals surface area contributed by atoms with E-state index in [-0.39, 0.29) is 5.78 Å². The van der Waals surface area contributed by atoms with Crippen LogP contribution in [0.3, 0.4) is 0 Å². The summed E-state index contributed by atoms with van der Waals surface area (Å²) in [6.45, 7) is 6.94. The van der Waals surface area contributed by atoms with E-state index in [0.717, 1.165) is 24.2 Å². The molecule has 1 saturated heterocycles. The molecule has 0 saturated carbocycles. The molecule has 0 bridgehead atoms. The predicted octanol–water partition coefficient (Wildman–Crippen LogP) is 2.20. The van der Waals surface area contributed by atoms with Gasteiger partial charge >= 0.3 is 0 Å². The van der Waals surface area contributed by atoms with Crippen molar-refractivity contribution >= 4 is 18.4 Å². The highest BCUT2D eigenvalue weighted by molar-refractivity contribution is 7.80. The first-order chi connectivity index (χ1) is 9.08. The molecule has 2 rings (SSSR count). The van der Waals surface area contributed by atoms with E-state index < -0.39 is 5.54 Å². The van der Waals surface area contributed by atoms with Gasteiger partial charge in [-0.1, -0.05) is 29.8 Å². The van der Waals surface area contributed by atoms with Crippen LogP contribution in [0.1, 0.15) is 22.8 Å². The Bertz CT molecular complexity index is 440. The van der Waals surface area contributed by atoms with Gasteiger partial charge in [-0.2, -0.15) is 12.6 Å². The Hall–Kier alpha value is -0.840. The topological polar surface area (TPSA) is 29.5 Å². The van der Waals surface area contributed by atoms with Crippen molar-refractivity contribution in [3.63, 3.8) is 0 Å². The van der Waals surface area contributed by atoms with E-state index in [1.54, 1.807) is 0 Å². The van der Waals surface area contributed by atoms with Crippen molar-refractivity contribution in [2.24, 2.45) is 0 Å². The van der Waals surface area contributed by atoms with Gasteiger partial charge in [0.2, 0.25) is 0 Å². The highest BCUT2D eigenvalue weighted by Crippen LogP contribution is 2.24. The second-order valence-corrected chi connectivity index (χ2v) is 5.54. The van der Waals surface area contributed by atoms with Crippen LogP contribution in [-0.4, -0.2) is 48.3 Å². The lowest BCUT2D eigenvalue weighted by molar-refractivity contribution is -0.00285. The lowest BCUT2D eigenvalue weighted by atomic mass is 9.90. The number of nitrogens with zero attached hydrogens (tertiary/aromatic N) is 1. The standard InChI is InChI=1S/C15H21NO2S/c1-12-3-5-13(6-4-12)14(17)15(2,11-19)16-7-9-18-10-8-16/h3-6,19H,7-11H2,1-2H3. The Balaban J connectivity index is 2.24. The van der Waals surface area contributed by atoms with Crippen LogP contribution in [0.25, 0.3) is 0 Å². The Kier molecular flexibility index (Phi) is 4.66. The van der Waals surface area contributed by atoms with Crippen LogP contribution in [-0.2, 0) is 4.74 Å². The molecule has 1 aliphatic heterocycles. The molecule has 0 spiro atoms. The maximum absolute atomic E-state index is 12.8. The number of hydrogen-bond donors (Lipinski definition) is 1. The predicted molar refractivity (Wildman–Crippen MR) is 80.2 cm³/mol. The van der Waals surface area contributed by atoms with E-state index in [9.17, 15) is 4.79 Å². The maximum atomic E-state index is 12.8. The number of benzene rings is 1. The van der Waals surface area contributed by atoms with Crippen LogP contribution in [0.4, 0.5) is 0 Å². The van der Waals surface area contributed by atoms with Crippen LogP contribution < -0.4 is 0 Å². The lowest BCUT2D eigenvalue weighted by Crippen LogP contribution is -2.57. The summed E-state index contributed by atoms with van der Waals surface area (Å²) in [7, 11) is 0. The number of carbonyl (C=O) groups is 1. The van der Waals surface area contributed by atoms with Gasteiger partial charge in [0.05, 0.1) is 18.8 Å². The quantitative estimate of drug-likeness (QED) is 0.677. The van der Waals surface area contributed by atoms with E-state index in [2.05, 4.69) is 17.5 Å². The molecule has 1 aromatic carbocycles. The molecule has 1 aromatic rings. The first-order valence-electron chi connectivity index (χ1n) is 6.63. The third-order valence-corrected chi connectivity index (χ3v) is 4.44. The molecule has 0 N–H and O–H groups in total. The largest absolute Gasteiger partial charge is 0.379 e. The molecule has 1 atom stereocenters. The van der Waals surface area contributed by atoms with E-state index in [0.29, 0.717) is 19.0 Å². The number of ketones is 1. The number of thiol groups is 1. The van der Waals surface area contributed by atoms with E-state index in [1.165, 1.54) is 0 Å². The minimum atomic E-state index is -0.553. The molecule has 1 aliphatic rings. The molecule has 0 aromatic heterocycles. The molecule has 104 valence electrons. The number of Topliss-reactive ketones (excluding diaryl/α,β-unsaturated/α-hetero) is 1. The normalized spacial score (nSPS) is 19.9. The molecule has 19 heavy (non-hydrogen) atoms. The average molecular weight is 279 g/mol. The number of carbonyl (C=O) groups excluding carboxylic acids is 1. The van der Waals surface area contributed by atoms with Gasteiger partial charge in [0.25, 0.3) is 0 Å². The van der Waals surface area contributed by atoms with Crippen molar-refractivity contribution in [1.29, 1.82) is 0 Å². The summed E-state index contributed by atoms with van der Waals surface area (Å²) in [4.78, 5) is 15.0. The number of morpholine rings is 1. The third-order valence-electron chi connectivity index (χ3n) is 3.82. The zero-order valence-corrected chi connectivity index (χ0v) is 12.5. The van der Waals surface area contributed by atoms with E-state index in [4.69, 9.17) is 4.74 Å². The highest BCUT2D eigenvalue weighted by Gasteiger charge is 2.39. The minimum Gasteiger partial charge on any atom is -0.379 e. The zero-order chi connectivity index (χ0) is 13.9. The van der Waals surface area contributed by atoms with Gasteiger partial charge in [0.1, 0.15) is 0 Å². The Morgan fingerprint density at radius 1 is 1.32 bits per heavy atom. The lowest BCUT2D eigenvalue weighted by Gasteiger charge is -2.41. The molecule has 1 fully saturated rings. The van der Waals surface area contributed by atoms with Gasteiger partial charge in [-0.05, 0) is 13.8 Å². The summed E-state index contributed by atoms with van der Waals surface area (Å²) in [5.74, 6) is 0.657. The van der Waals surface area contributed by atoms with Crippen molar-refractivity contribution in [3.8, 4) is 0 Å². The first-order valence-corrected chi connectivity index (χ1v) is 7.26. The maximum Gasteiger partial charge on any atom is 0.183 e. The van der Waals surface area contributed by atoms with Crippen molar-refractivity contribution in [2.45, 2.75) is 19.4 Å². The number of aryl methyl sites for hydroxylation is 1. The minimum absolute atomic E-state index is 0.143. The van der Waals surface area contributed by atoms with Crippen molar-refractivity contribution in [3.05, 3.63) is 35.4 Å². The van der Waals surface area contributed by atoms with Crippen molar-refractivity contribution < 1.29 is 9.53 Å². The van der Waals surface area contributed by atoms with Gasteiger partial charge < -0.3 is 4.74 Å². The number of hydrogen-bond acceptors (Lipinski definition) is 4. The van der Waals surface area contributed by atoms with Gasteiger partial charge in [-0.3, -0.25) is 9.69 Å². The highest BCUT2D eigenvalue weighted by atomic mass is 32.1. The van der Waals surface area contributed by atoms with Crippen LogP contribution in [0.15, 0.2) is 24.3 Å². The summed E-state index contributed by atoms with van der Waals surface area (Å²) in [5, 5.41) is 0. The Morgan fingerprint density at radius 3 is 2.42 bits per heavy atom. The van der Waals surface area contributed by atoms with Crippen molar-refractivity contribution in [2.75, 3.05) is 32.1 Å². The second-order valence-electron chi connectivity index (χ2n) is 5.23. The fourth-order valence-electron chi connectivity index (χ4n) is 2.39. The summed E-state index contributed by atoms with van der Waals surface area (Å²) < 4.78 is 5.36. The third kappa shape index (κ3) is 3.02. The monoisotopic (exact) mass is 279 g/mol. The molecule has 1 unspecified atom stereocenters. The fraction of sp³-hybridized carbons (Fsp3) is 0.533. The average Bonchev–Trinajstić information content (AvgIpc) is 2.47. The molecule has 3 nitrogen and oxygen atoms in total. The molecule has 1 heterocycles. The molecule has 4 heteroatoms. The van der Waals surface area contributed by atoms with Crippen LogP contribution in [0, 0.1) is 6.92 Å². The van der Waals surface area contributed by atoms with Crippen LogP contribution in [0.2, 0.25) is 0 Å².